The molecule has 0 unspecified atom stereocenters. The fraction of sp³-hybridized carbons (Fsp3) is 0.182. The monoisotopic (exact) mass is 423 g/mol. The number of ether oxygens (including phenoxy) is 1. The van der Waals surface area contributed by atoms with Crippen LogP contribution in [0.4, 0.5) is 0 Å². The van der Waals surface area contributed by atoms with Gasteiger partial charge < -0.3 is 9.84 Å². The fourth-order valence-corrected chi connectivity index (χ4v) is 3.23. The molecule has 7 nitrogen and oxygen atoms in total. The molecule has 0 aliphatic heterocycles. The number of benzene rings is 2. The third-order valence-corrected chi connectivity index (χ3v) is 4.89. The molecule has 0 atom stereocenters. The number of esters is 1. The molecule has 0 radical (unpaired) electrons. The zero-order chi connectivity index (χ0) is 21.8. The smallest absolute Gasteiger partial charge is 0.327 e. The van der Waals surface area contributed by atoms with Crippen molar-refractivity contribution in [3.63, 3.8) is 0 Å². The predicted octanol–water partition coefficient (Wildman–Crippen LogP) is 3.27. The lowest BCUT2D eigenvalue weighted by atomic mass is 10.2. The van der Waals surface area contributed by atoms with Crippen LogP contribution in [0.25, 0.3) is 11.4 Å². The topological polar surface area (TPSA) is 85.8 Å². The summed E-state index contributed by atoms with van der Waals surface area (Å²) in [6.45, 7) is 3.61. The first kappa shape index (κ1) is 21.2. The van der Waals surface area contributed by atoms with E-state index >= 15 is 0 Å². The first-order valence-electron chi connectivity index (χ1n) is 9.15. The SMILES string of the molecule is COC(=O)CN=Cc1c(O)n(-c2ccc(C)cc2)c(=S)n(-c2ccc(C)cc2)c1=O. The highest BCUT2D eigenvalue weighted by Gasteiger charge is 2.18. The summed E-state index contributed by atoms with van der Waals surface area (Å²) in [6, 6.07) is 14.6. The van der Waals surface area contributed by atoms with E-state index in [2.05, 4.69) is 9.73 Å². The number of rotatable bonds is 5. The summed E-state index contributed by atoms with van der Waals surface area (Å²) >= 11 is 5.58. The quantitative estimate of drug-likeness (QED) is 0.387. The lowest BCUT2D eigenvalue weighted by Crippen LogP contribution is -2.27. The Kier molecular flexibility index (Phi) is 6.27. The Labute approximate surface area is 178 Å². The van der Waals surface area contributed by atoms with Gasteiger partial charge in [-0.05, 0) is 50.3 Å². The van der Waals surface area contributed by atoms with E-state index in [9.17, 15) is 14.7 Å². The fourth-order valence-electron chi connectivity index (χ4n) is 2.85. The van der Waals surface area contributed by atoms with Crippen LogP contribution in [0.3, 0.4) is 0 Å². The Morgan fingerprint density at radius 3 is 2.03 bits per heavy atom. The standard InChI is InChI=1S/C22H21N3O4S/c1-14-4-8-16(9-5-14)24-20(27)18(12-23-13-19(26)29-3)21(28)25(22(24)30)17-10-6-15(2)7-11-17/h4-12,27H,13H2,1-3H3. The molecule has 0 fully saturated rings. The number of carbonyl (C=O) groups excluding carboxylic acids is 1. The Morgan fingerprint density at radius 2 is 1.53 bits per heavy atom. The number of aliphatic imine (C=N–C) groups is 1. The summed E-state index contributed by atoms with van der Waals surface area (Å²) in [4.78, 5) is 28.5. The zero-order valence-corrected chi connectivity index (χ0v) is 17.6. The van der Waals surface area contributed by atoms with E-state index in [-0.39, 0.29) is 22.8 Å². The number of aromatic hydroxyl groups is 1. The molecule has 0 aliphatic rings. The van der Waals surface area contributed by atoms with E-state index < -0.39 is 11.5 Å². The van der Waals surface area contributed by atoms with Crippen LogP contribution in [0.2, 0.25) is 0 Å². The number of nitrogens with zero attached hydrogens (tertiary/aromatic N) is 3. The van der Waals surface area contributed by atoms with Gasteiger partial charge in [-0.15, -0.1) is 0 Å². The normalized spacial score (nSPS) is 11.0. The number of carbonyl (C=O) groups is 1. The van der Waals surface area contributed by atoms with Crippen molar-refractivity contribution in [1.29, 1.82) is 0 Å². The van der Waals surface area contributed by atoms with Gasteiger partial charge in [-0.2, -0.15) is 0 Å². The van der Waals surface area contributed by atoms with E-state index in [1.165, 1.54) is 22.5 Å². The molecule has 0 aliphatic carbocycles. The summed E-state index contributed by atoms with van der Waals surface area (Å²) in [7, 11) is 1.25. The summed E-state index contributed by atoms with van der Waals surface area (Å²) in [5, 5.41) is 10.9. The van der Waals surface area contributed by atoms with Gasteiger partial charge in [0.1, 0.15) is 12.1 Å². The van der Waals surface area contributed by atoms with Gasteiger partial charge in [0.25, 0.3) is 5.56 Å². The number of hydrogen-bond donors (Lipinski definition) is 1. The van der Waals surface area contributed by atoms with Gasteiger partial charge in [-0.25, -0.2) is 0 Å². The summed E-state index contributed by atoms with van der Waals surface area (Å²) in [5.41, 5.74) is 2.58. The molecule has 1 aromatic heterocycles. The Bertz CT molecular complexity index is 1220. The highest BCUT2D eigenvalue weighted by atomic mass is 32.1. The Hall–Kier alpha value is -3.52. The minimum atomic E-state index is -0.559. The van der Waals surface area contributed by atoms with Gasteiger partial charge in [0, 0.05) is 6.21 Å². The molecule has 8 heteroatoms. The third kappa shape index (κ3) is 4.23. The van der Waals surface area contributed by atoms with Crippen molar-refractivity contribution in [3.05, 3.63) is 80.3 Å². The van der Waals surface area contributed by atoms with Gasteiger partial charge in [-0.1, -0.05) is 35.4 Å². The van der Waals surface area contributed by atoms with Gasteiger partial charge in [0.2, 0.25) is 5.88 Å². The van der Waals surface area contributed by atoms with E-state index in [0.29, 0.717) is 11.4 Å². The molecule has 0 bridgehead atoms. The Morgan fingerprint density at radius 1 is 1.03 bits per heavy atom. The summed E-state index contributed by atoms with van der Waals surface area (Å²) in [6.07, 6.45) is 1.17. The van der Waals surface area contributed by atoms with E-state index in [0.717, 1.165) is 11.1 Å². The van der Waals surface area contributed by atoms with Crippen LogP contribution in [0, 0.1) is 18.6 Å². The lowest BCUT2D eigenvalue weighted by molar-refractivity contribution is -0.138. The first-order chi connectivity index (χ1) is 14.3. The molecular formula is C22H21N3O4S. The summed E-state index contributed by atoms with van der Waals surface area (Å²) in [5.74, 6) is -0.915. The lowest BCUT2D eigenvalue weighted by Gasteiger charge is -2.16. The van der Waals surface area contributed by atoms with E-state index in [1.807, 2.05) is 38.1 Å². The van der Waals surface area contributed by atoms with Crippen molar-refractivity contribution in [2.45, 2.75) is 13.8 Å². The van der Waals surface area contributed by atoms with Gasteiger partial charge in [0.05, 0.1) is 18.5 Å². The number of hydrogen-bond acceptors (Lipinski definition) is 6. The van der Waals surface area contributed by atoms with Crippen LogP contribution in [-0.2, 0) is 9.53 Å². The minimum Gasteiger partial charge on any atom is -0.494 e. The molecule has 0 saturated heterocycles. The maximum atomic E-state index is 13.2. The van der Waals surface area contributed by atoms with Gasteiger partial charge in [0.15, 0.2) is 4.77 Å². The second-order valence-electron chi connectivity index (χ2n) is 6.71. The first-order valence-corrected chi connectivity index (χ1v) is 9.56. The molecule has 2 aromatic carbocycles. The average Bonchev–Trinajstić information content (AvgIpc) is 2.73. The Balaban J connectivity index is 2.30. The third-order valence-electron chi connectivity index (χ3n) is 4.52. The molecule has 3 rings (SSSR count). The van der Waals surface area contributed by atoms with E-state index in [4.69, 9.17) is 12.2 Å². The molecule has 1 N–H and O–H groups in total. The summed E-state index contributed by atoms with van der Waals surface area (Å²) < 4.78 is 7.39. The van der Waals surface area contributed by atoms with Crippen LogP contribution in [0.15, 0.2) is 58.3 Å². The molecule has 1 heterocycles. The number of methoxy groups -OCH3 is 1. The molecule has 0 spiro atoms. The molecule has 0 amide bonds. The molecule has 30 heavy (non-hydrogen) atoms. The maximum Gasteiger partial charge on any atom is 0.327 e. The van der Waals surface area contributed by atoms with Gasteiger partial charge >= 0.3 is 5.97 Å². The molecule has 3 aromatic rings. The predicted molar refractivity (Wildman–Crippen MR) is 118 cm³/mol. The van der Waals surface area contributed by atoms with Crippen molar-refractivity contribution in [3.8, 4) is 17.3 Å². The van der Waals surface area contributed by atoms with Crippen LogP contribution >= 0.6 is 12.2 Å². The number of aryl methyl sites for hydroxylation is 2. The molecule has 0 saturated carbocycles. The van der Waals surface area contributed by atoms with E-state index in [1.54, 1.807) is 24.3 Å². The zero-order valence-electron chi connectivity index (χ0n) is 16.8. The second kappa shape index (κ2) is 8.87. The second-order valence-corrected chi connectivity index (χ2v) is 7.08. The largest absolute Gasteiger partial charge is 0.494 e. The highest BCUT2D eigenvalue weighted by Crippen LogP contribution is 2.22. The van der Waals surface area contributed by atoms with Crippen molar-refractivity contribution in [2.24, 2.45) is 4.99 Å². The van der Waals surface area contributed by atoms with Crippen LogP contribution in [-0.4, -0.2) is 40.1 Å². The molecular weight excluding hydrogens is 402 g/mol. The maximum absolute atomic E-state index is 13.2. The van der Waals surface area contributed by atoms with Crippen molar-refractivity contribution < 1.29 is 14.6 Å². The number of aromatic nitrogens is 2. The van der Waals surface area contributed by atoms with Crippen molar-refractivity contribution in [1.82, 2.24) is 9.13 Å². The van der Waals surface area contributed by atoms with Crippen molar-refractivity contribution >= 4 is 24.4 Å². The average molecular weight is 423 g/mol. The van der Waals surface area contributed by atoms with Crippen LogP contribution in [0.1, 0.15) is 16.7 Å². The minimum absolute atomic E-state index is 0.0892. The van der Waals surface area contributed by atoms with Crippen LogP contribution < -0.4 is 5.56 Å². The van der Waals surface area contributed by atoms with Crippen molar-refractivity contribution in [2.75, 3.05) is 13.7 Å². The van der Waals surface area contributed by atoms with Gasteiger partial charge in [-0.3, -0.25) is 23.7 Å². The van der Waals surface area contributed by atoms with Crippen LogP contribution in [0.5, 0.6) is 5.88 Å². The molecule has 154 valence electrons. The highest BCUT2D eigenvalue weighted by molar-refractivity contribution is 7.71.